The Morgan fingerprint density at radius 2 is 1.63 bits per heavy atom. The third-order valence-corrected chi connectivity index (χ3v) is 5.68. The molecule has 0 radical (unpaired) electrons. The van der Waals surface area contributed by atoms with Crippen LogP contribution in [-0.2, 0) is 9.59 Å². The lowest BCUT2D eigenvalue weighted by molar-refractivity contribution is -0.135. The number of aliphatic imine (C=N–C) groups is 1. The first-order chi connectivity index (χ1) is 12.8. The Labute approximate surface area is 163 Å². The molecule has 0 bridgehead atoms. The van der Waals surface area contributed by atoms with E-state index in [1.165, 1.54) is 0 Å². The third-order valence-electron chi connectivity index (χ3n) is 5.68. The maximum absolute atomic E-state index is 12.6. The van der Waals surface area contributed by atoms with E-state index < -0.39 is 5.41 Å². The first-order valence-corrected chi connectivity index (χ1v) is 10.0. The monoisotopic (exact) mass is 380 g/mol. The first-order valence-electron chi connectivity index (χ1n) is 10.0. The molecule has 2 rings (SSSR count). The molecule has 0 aromatic carbocycles. The molecular weight excluding hydrogens is 344 g/mol. The zero-order valence-electron chi connectivity index (χ0n) is 17.5. The molecule has 2 aliphatic rings. The molecule has 0 saturated carbocycles. The SMILES string of the molecule is CN=C(NCC(C)(C)C(=O)NC)N1CCN(C(C)C(=O)N2CCCC2)CC1. The number of nitrogens with zero attached hydrogens (tertiary/aromatic N) is 4. The van der Waals surface area contributed by atoms with Crippen LogP contribution in [-0.4, -0.2) is 98.4 Å². The molecule has 154 valence electrons. The van der Waals surface area contributed by atoms with Gasteiger partial charge in [0, 0.05) is 59.9 Å². The summed E-state index contributed by atoms with van der Waals surface area (Å²) in [7, 11) is 3.42. The molecule has 27 heavy (non-hydrogen) atoms. The average Bonchev–Trinajstić information content (AvgIpc) is 3.21. The summed E-state index contributed by atoms with van der Waals surface area (Å²) in [6, 6.07) is -0.0626. The standard InChI is InChI=1S/C19H36N6O2/c1-15(16(26)24-8-6-7-9-24)23-10-12-25(13-11-23)18(21-5)22-14-19(2,3)17(27)20-4/h15H,6-14H2,1-5H3,(H,20,27)(H,21,22). The summed E-state index contributed by atoms with van der Waals surface area (Å²) >= 11 is 0. The number of guanidine groups is 1. The Morgan fingerprint density at radius 3 is 2.15 bits per heavy atom. The van der Waals surface area contributed by atoms with Gasteiger partial charge in [-0.25, -0.2) is 0 Å². The minimum Gasteiger partial charge on any atom is -0.359 e. The molecule has 0 spiro atoms. The molecule has 2 saturated heterocycles. The van der Waals surface area contributed by atoms with Crippen LogP contribution >= 0.6 is 0 Å². The van der Waals surface area contributed by atoms with Gasteiger partial charge in [0.05, 0.1) is 11.5 Å². The Kier molecular flexibility index (Phi) is 7.47. The van der Waals surface area contributed by atoms with Crippen molar-refractivity contribution in [2.75, 3.05) is 59.9 Å². The molecule has 2 heterocycles. The zero-order chi connectivity index (χ0) is 20.0. The van der Waals surface area contributed by atoms with E-state index in [0.29, 0.717) is 6.54 Å². The van der Waals surface area contributed by atoms with Gasteiger partial charge in [-0.05, 0) is 33.6 Å². The summed E-state index contributed by atoms with van der Waals surface area (Å²) in [5, 5.41) is 6.03. The molecule has 1 unspecified atom stereocenters. The van der Waals surface area contributed by atoms with Crippen LogP contribution in [0.25, 0.3) is 0 Å². The summed E-state index contributed by atoms with van der Waals surface area (Å²) < 4.78 is 0. The lowest BCUT2D eigenvalue weighted by Crippen LogP contribution is -2.58. The number of carbonyl (C=O) groups is 2. The second-order valence-corrected chi connectivity index (χ2v) is 8.10. The van der Waals surface area contributed by atoms with Crippen molar-refractivity contribution in [2.24, 2.45) is 10.4 Å². The molecular formula is C19H36N6O2. The number of piperazine rings is 1. The van der Waals surface area contributed by atoms with Crippen LogP contribution in [0.4, 0.5) is 0 Å². The fraction of sp³-hybridized carbons (Fsp3) is 0.842. The van der Waals surface area contributed by atoms with Crippen molar-refractivity contribution in [2.45, 2.75) is 39.7 Å². The van der Waals surface area contributed by atoms with Gasteiger partial charge >= 0.3 is 0 Å². The molecule has 2 amide bonds. The van der Waals surface area contributed by atoms with Crippen molar-refractivity contribution >= 4 is 17.8 Å². The van der Waals surface area contributed by atoms with E-state index in [9.17, 15) is 9.59 Å². The summed E-state index contributed by atoms with van der Waals surface area (Å²) in [5.74, 6) is 1.07. The predicted molar refractivity (Wildman–Crippen MR) is 108 cm³/mol. The number of hydrogen-bond acceptors (Lipinski definition) is 4. The van der Waals surface area contributed by atoms with Gasteiger partial charge in [-0.1, -0.05) is 0 Å². The predicted octanol–water partition coefficient (Wildman–Crippen LogP) is -0.0375. The highest BCUT2D eigenvalue weighted by atomic mass is 16.2. The lowest BCUT2D eigenvalue weighted by Gasteiger charge is -2.40. The van der Waals surface area contributed by atoms with Gasteiger partial charge in [0.25, 0.3) is 0 Å². The van der Waals surface area contributed by atoms with Crippen molar-refractivity contribution in [3.05, 3.63) is 0 Å². The topological polar surface area (TPSA) is 80.3 Å². The highest BCUT2D eigenvalue weighted by Crippen LogP contribution is 2.15. The van der Waals surface area contributed by atoms with E-state index in [0.717, 1.165) is 58.1 Å². The summed E-state index contributed by atoms with van der Waals surface area (Å²) in [4.78, 5) is 35.4. The Hall–Kier alpha value is -1.83. The molecule has 2 aliphatic heterocycles. The first kappa shape index (κ1) is 21.5. The van der Waals surface area contributed by atoms with Crippen molar-refractivity contribution in [1.29, 1.82) is 0 Å². The van der Waals surface area contributed by atoms with E-state index in [-0.39, 0.29) is 17.9 Å². The highest BCUT2D eigenvalue weighted by Gasteiger charge is 2.31. The van der Waals surface area contributed by atoms with Gasteiger partial charge in [0.2, 0.25) is 11.8 Å². The smallest absolute Gasteiger partial charge is 0.239 e. The summed E-state index contributed by atoms with van der Waals surface area (Å²) in [6.07, 6.45) is 2.25. The number of nitrogens with one attached hydrogen (secondary N) is 2. The van der Waals surface area contributed by atoms with Gasteiger partial charge in [-0.2, -0.15) is 0 Å². The Balaban J connectivity index is 1.84. The van der Waals surface area contributed by atoms with Gasteiger partial charge in [-0.15, -0.1) is 0 Å². The van der Waals surface area contributed by atoms with Crippen LogP contribution < -0.4 is 10.6 Å². The van der Waals surface area contributed by atoms with Crippen LogP contribution in [0.5, 0.6) is 0 Å². The fourth-order valence-corrected chi connectivity index (χ4v) is 3.73. The van der Waals surface area contributed by atoms with E-state index >= 15 is 0 Å². The zero-order valence-corrected chi connectivity index (χ0v) is 17.5. The van der Waals surface area contributed by atoms with Crippen molar-refractivity contribution in [3.8, 4) is 0 Å². The molecule has 0 aromatic heterocycles. The number of hydrogen-bond donors (Lipinski definition) is 2. The molecule has 0 aromatic rings. The second kappa shape index (κ2) is 9.39. The van der Waals surface area contributed by atoms with E-state index in [1.54, 1.807) is 14.1 Å². The van der Waals surface area contributed by atoms with Crippen LogP contribution in [0.15, 0.2) is 4.99 Å². The second-order valence-electron chi connectivity index (χ2n) is 8.10. The van der Waals surface area contributed by atoms with Crippen LogP contribution in [0.3, 0.4) is 0 Å². The van der Waals surface area contributed by atoms with E-state index in [4.69, 9.17) is 0 Å². The number of rotatable bonds is 5. The van der Waals surface area contributed by atoms with E-state index in [2.05, 4.69) is 25.4 Å². The minimum absolute atomic E-state index is 0.00419. The van der Waals surface area contributed by atoms with Crippen LogP contribution in [0.2, 0.25) is 0 Å². The van der Waals surface area contributed by atoms with Crippen molar-refractivity contribution in [3.63, 3.8) is 0 Å². The molecule has 8 heteroatoms. The normalized spacial score (nSPS) is 20.6. The lowest BCUT2D eigenvalue weighted by atomic mass is 9.92. The molecule has 2 fully saturated rings. The molecule has 0 aliphatic carbocycles. The van der Waals surface area contributed by atoms with Gasteiger partial charge < -0.3 is 20.4 Å². The van der Waals surface area contributed by atoms with Crippen LogP contribution in [0.1, 0.15) is 33.6 Å². The van der Waals surface area contributed by atoms with Gasteiger partial charge in [0.1, 0.15) is 0 Å². The van der Waals surface area contributed by atoms with Gasteiger partial charge in [-0.3, -0.25) is 19.5 Å². The number of carbonyl (C=O) groups excluding carboxylic acids is 2. The molecule has 8 nitrogen and oxygen atoms in total. The number of likely N-dealkylation sites (tertiary alicyclic amines) is 1. The van der Waals surface area contributed by atoms with Crippen molar-refractivity contribution in [1.82, 2.24) is 25.3 Å². The highest BCUT2D eigenvalue weighted by molar-refractivity contribution is 5.84. The third kappa shape index (κ3) is 5.34. The summed E-state index contributed by atoms with van der Waals surface area (Å²) in [6.45, 7) is 11.5. The molecule has 1 atom stereocenters. The maximum Gasteiger partial charge on any atom is 0.239 e. The average molecular weight is 381 g/mol. The molecule has 2 N–H and O–H groups in total. The largest absolute Gasteiger partial charge is 0.359 e. The fourth-order valence-electron chi connectivity index (χ4n) is 3.73. The Bertz CT molecular complexity index is 548. The van der Waals surface area contributed by atoms with Gasteiger partial charge in [0.15, 0.2) is 5.96 Å². The van der Waals surface area contributed by atoms with Crippen molar-refractivity contribution < 1.29 is 9.59 Å². The number of amides is 2. The maximum atomic E-state index is 12.6. The minimum atomic E-state index is -0.511. The summed E-state index contributed by atoms with van der Waals surface area (Å²) in [5.41, 5.74) is -0.511. The van der Waals surface area contributed by atoms with E-state index in [1.807, 2.05) is 25.7 Å². The quantitative estimate of drug-likeness (QED) is 0.517. The Morgan fingerprint density at radius 1 is 1.04 bits per heavy atom. The van der Waals surface area contributed by atoms with Crippen LogP contribution in [0, 0.1) is 5.41 Å².